The molecule has 0 unspecified atom stereocenters. The molecule has 4 nitrogen and oxygen atoms in total. The summed E-state index contributed by atoms with van der Waals surface area (Å²) in [7, 11) is 1.99. The zero-order chi connectivity index (χ0) is 18.2. The molecule has 0 amide bonds. The maximum Gasteiger partial charge on any atom is 0.228 e. The van der Waals surface area contributed by atoms with Crippen molar-refractivity contribution in [1.29, 1.82) is 0 Å². The Balaban J connectivity index is 2.13. The van der Waals surface area contributed by atoms with Crippen LogP contribution in [0.1, 0.15) is 37.1 Å². The minimum atomic E-state index is 0.516. The first-order chi connectivity index (χ1) is 12.0. The van der Waals surface area contributed by atoms with E-state index in [0.717, 1.165) is 35.2 Å². The quantitative estimate of drug-likeness (QED) is 0.443. The van der Waals surface area contributed by atoms with E-state index in [-0.39, 0.29) is 0 Å². The average molecular weight is 404 g/mol. The number of aryl methyl sites for hydroxylation is 2. The number of hydrogen-bond acceptors (Lipinski definition) is 3. The lowest BCUT2D eigenvalue weighted by Gasteiger charge is -2.13. The van der Waals surface area contributed by atoms with Crippen LogP contribution in [0.15, 0.2) is 39.8 Å². The zero-order valence-electron chi connectivity index (χ0n) is 15.4. The molecule has 5 heteroatoms. The van der Waals surface area contributed by atoms with Crippen molar-refractivity contribution in [3.63, 3.8) is 0 Å². The molecule has 0 aliphatic heterocycles. The Labute approximate surface area is 159 Å². The largest absolute Gasteiger partial charge is 0.472 e. The van der Waals surface area contributed by atoms with Gasteiger partial charge in [-0.2, -0.15) is 0 Å². The first-order valence-electron chi connectivity index (χ1n) is 8.66. The van der Waals surface area contributed by atoms with Crippen molar-refractivity contribution in [2.75, 3.05) is 13.6 Å². The Bertz CT molecular complexity index is 731. The van der Waals surface area contributed by atoms with Crippen LogP contribution in [0.5, 0.6) is 5.88 Å². The Morgan fingerprint density at radius 3 is 2.64 bits per heavy atom. The molecule has 0 aliphatic carbocycles. The van der Waals surface area contributed by atoms with Gasteiger partial charge >= 0.3 is 0 Å². The van der Waals surface area contributed by atoms with Crippen LogP contribution in [-0.4, -0.2) is 29.8 Å². The van der Waals surface area contributed by atoms with E-state index in [1.165, 1.54) is 11.1 Å². The number of ether oxygens (including phenoxy) is 1. The lowest BCUT2D eigenvalue weighted by Crippen LogP contribution is -2.14. The Hall–Kier alpha value is -1.88. The predicted molar refractivity (Wildman–Crippen MR) is 108 cm³/mol. The summed E-state index contributed by atoms with van der Waals surface area (Å²) in [6, 6.07) is 10.4. The Morgan fingerprint density at radius 2 is 1.96 bits per heavy atom. The second-order valence-corrected chi connectivity index (χ2v) is 6.86. The molecule has 1 aromatic carbocycles. The number of aliphatic imine (C=N–C) groups is 1. The lowest BCUT2D eigenvalue weighted by atomic mass is 10.0. The number of hydrogen-bond donors (Lipinski definition) is 0. The van der Waals surface area contributed by atoms with Crippen molar-refractivity contribution < 1.29 is 4.74 Å². The van der Waals surface area contributed by atoms with Gasteiger partial charge in [0, 0.05) is 13.6 Å². The van der Waals surface area contributed by atoms with Crippen molar-refractivity contribution in [3.8, 4) is 5.88 Å². The van der Waals surface area contributed by atoms with Gasteiger partial charge in [0.25, 0.3) is 0 Å². The summed E-state index contributed by atoms with van der Waals surface area (Å²) in [4.78, 5) is 11.1. The van der Waals surface area contributed by atoms with Crippen LogP contribution in [0.25, 0.3) is 0 Å². The van der Waals surface area contributed by atoms with Gasteiger partial charge in [0.2, 0.25) is 5.88 Å². The van der Waals surface area contributed by atoms with Crippen molar-refractivity contribution in [2.24, 2.45) is 4.99 Å². The van der Waals surface area contributed by atoms with E-state index in [4.69, 9.17) is 4.74 Å². The van der Waals surface area contributed by atoms with Gasteiger partial charge in [-0.15, -0.1) is 0 Å². The summed E-state index contributed by atoms with van der Waals surface area (Å²) >= 11 is 3.55. The van der Waals surface area contributed by atoms with Gasteiger partial charge in [0.05, 0.1) is 22.2 Å². The van der Waals surface area contributed by atoms with Gasteiger partial charge in [0.1, 0.15) is 6.61 Å². The molecule has 0 saturated carbocycles. The summed E-state index contributed by atoms with van der Waals surface area (Å²) in [5.74, 6) is 0.603. The molecule has 0 N–H and O–H groups in total. The minimum Gasteiger partial charge on any atom is -0.472 e. The van der Waals surface area contributed by atoms with Crippen LogP contribution >= 0.6 is 15.9 Å². The maximum atomic E-state index is 5.97. The topological polar surface area (TPSA) is 37.7 Å². The summed E-state index contributed by atoms with van der Waals surface area (Å²) in [6.45, 7) is 7.65. The number of benzene rings is 1. The number of halogens is 1. The monoisotopic (exact) mass is 403 g/mol. The van der Waals surface area contributed by atoms with Crippen LogP contribution in [0, 0.1) is 6.92 Å². The number of aromatic nitrogens is 1. The highest BCUT2D eigenvalue weighted by Gasteiger charge is 2.10. The normalized spacial score (nSPS) is 11.1. The maximum absolute atomic E-state index is 5.97. The highest BCUT2D eigenvalue weighted by Crippen LogP contribution is 2.30. The van der Waals surface area contributed by atoms with Gasteiger partial charge in [-0.05, 0) is 53.4 Å². The van der Waals surface area contributed by atoms with Gasteiger partial charge in [0.15, 0.2) is 0 Å². The minimum absolute atomic E-state index is 0.516. The van der Waals surface area contributed by atoms with Crippen molar-refractivity contribution in [1.82, 2.24) is 9.88 Å². The van der Waals surface area contributed by atoms with Crippen LogP contribution in [0.4, 0.5) is 5.69 Å². The summed E-state index contributed by atoms with van der Waals surface area (Å²) in [5.41, 5.74) is 4.23. The van der Waals surface area contributed by atoms with Crippen molar-refractivity contribution in [3.05, 3.63) is 51.6 Å². The van der Waals surface area contributed by atoms with Gasteiger partial charge < -0.3 is 9.64 Å². The van der Waals surface area contributed by atoms with E-state index in [2.05, 4.69) is 58.0 Å². The molecule has 0 saturated heterocycles. The average Bonchev–Trinajstić information content (AvgIpc) is 2.62. The molecular weight excluding hydrogens is 378 g/mol. The van der Waals surface area contributed by atoms with Crippen LogP contribution in [0.2, 0.25) is 0 Å². The number of rotatable bonds is 8. The fourth-order valence-corrected chi connectivity index (χ4v) is 2.80. The van der Waals surface area contributed by atoms with Crippen LogP contribution < -0.4 is 4.74 Å². The SMILES string of the molecule is CCCc1ccccc1COc1nc(C)c(/N=C/N(C)CC)cc1Br. The molecule has 2 rings (SSSR count). The van der Waals surface area contributed by atoms with E-state index in [1.54, 1.807) is 0 Å². The third-order valence-electron chi connectivity index (χ3n) is 4.00. The van der Waals surface area contributed by atoms with Gasteiger partial charge in [-0.25, -0.2) is 9.98 Å². The van der Waals surface area contributed by atoms with E-state index in [9.17, 15) is 0 Å². The van der Waals surface area contributed by atoms with Crippen molar-refractivity contribution in [2.45, 2.75) is 40.2 Å². The molecule has 0 spiro atoms. The molecular formula is C20H26BrN3O. The Kier molecular flexibility index (Phi) is 7.44. The highest BCUT2D eigenvalue weighted by molar-refractivity contribution is 9.10. The predicted octanol–water partition coefficient (Wildman–Crippen LogP) is 5.30. The molecule has 0 bridgehead atoms. The van der Waals surface area contributed by atoms with Gasteiger partial charge in [-0.1, -0.05) is 37.6 Å². The summed E-state index contributed by atoms with van der Waals surface area (Å²) < 4.78 is 6.79. The van der Waals surface area contributed by atoms with E-state index >= 15 is 0 Å². The first-order valence-corrected chi connectivity index (χ1v) is 9.45. The van der Waals surface area contributed by atoms with Crippen LogP contribution in [0.3, 0.4) is 0 Å². The third kappa shape index (κ3) is 5.56. The third-order valence-corrected chi connectivity index (χ3v) is 4.57. The molecule has 0 radical (unpaired) electrons. The molecule has 0 aliphatic rings. The summed E-state index contributed by atoms with van der Waals surface area (Å²) in [6.07, 6.45) is 4.00. The number of pyridine rings is 1. The van der Waals surface area contributed by atoms with Gasteiger partial charge in [-0.3, -0.25) is 0 Å². The molecule has 1 heterocycles. The summed E-state index contributed by atoms with van der Waals surface area (Å²) in [5, 5.41) is 0. The van der Waals surface area contributed by atoms with Crippen LogP contribution in [-0.2, 0) is 13.0 Å². The second kappa shape index (κ2) is 9.56. The second-order valence-electron chi connectivity index (χ2n) is 6.01. The molecule has 1 aromatic heterocycles. The molecule has 134 valence electrons. The standard InChI is InChI=1S/C20H26BrN3O/c1-5-9-16-10-7-8-11-17(16)13-25-20-18(21)12-19(15(3)23-20)22-14-24(4)6-2/h7-8,10-12,14H,5-6,9,13H2,1-4H3/b22-14+. The van der Waals surface area contributed by atoms with E-state index in [0.29, 0.717) is 12.5 Å². The number of nitrogens with zero attached hydrogens (tertiary/aromatic N) is 3. The first kappa shape index (κ1) is 19.4. The van der Waals surface area contributed by atoms with Crippen molar-refractivity contribution >= 4 is 28.0 Å². The fraction of sp³-hybridized carbons (Fsp3) is 0.400. The molecule has 0 atom stereocenters. The molecule has 0 fully saturated rings. The molecule has 25 heavy (non-hydrogen) atoms. The van der Waals surface area contributed by atoms with E-state index < -0.39 is 0 Å². The lowest BCUT2D eigenvalue weighted by molar-refractivity contribution is 0.290. The molecule has 2 aromatic rings. The zero-order valence-corrected chi connectivity index (χ0v) is 17.0. The Morgan fingerprint density at radius 1 is 1.24 bits per heavy atom. The highest BCUT2D eigenvalue weighted by atomic mass is 79.9. The van der Waals surface area contributed by atoms with E-state index in [1.807, 2.05) is 37.3 Å². The smallest absolute Gasteiger partial charge is 0.228 e. The fourth-order valence-electron chi connectivity index (χ4n) is 2.38.